The van der Waals surface area contributed by atoms with Crippen molar-refractivity contribution < 1.29 is 14.7 Å². The van der Waals surface area contributed by atoms with E-state index < -0.39 is 11.9 Å². The molecule has 6 heteroatoms. The Kier molecular flexibility index (Phi) is 4.76. The van der Waals surface area contributed by atoms with Crippen LogP contribution in [0.2, 0.25) is 10.0 Å². The fourth-order valence-corrected chi connectivity index (χ4v) is 1.75. The monoisotopic (exact) mass is 287 g/mol. The summed E-state index contributed by atoms with van der Waals surface area (Å²) in [4.78, 5) is 22.7. The molecular weight excluding hydrogens is 277 g/mol. The number of halogens is 2. The van der Waals surface area contributed by atoms with Gasteiger partial charge < -0.3 is 10.4 Å². The molecule has 0 spiro atoms. The van der Waals surface area contributed by atoms with Crippen LogP contribution in [-0.2, 0) is 4.79 Å². The number of hydrogen-bond donors (Lipinski definition) is 2. The minimum absolute atomic E-state index is 0.000772. The van der Waals surface area contributed by atoms with Gasteiger partial charge in [0.1, 0.15) is 5.56 Å². The lowest BCUT2D eigenvalue weighted by molar-refractivity contribution is -0.111. The molecule has 0 bridgehead atoms. The van der Waals surface area contributed by atoms with Crippen molar-refractivity contribution in [2.75, 3.05) is 5.32 Å². The summed E-state index contributed by atoms with van der Waals surface area (Å²) < 4.78 is 0. The molecule has 1 aromatic carbocycles. The lowest BCUT2D eigenvalue weighted by Gasteiger charge is -2.10. The number of hydrogen-bond acceptors (Lipinski definition) is 2. The third-order valence-corrected chi connectivity index (χ3v) is 2.62. The third kappa shape index (κ3) is 3.48. The normalized spacial score (nSPS) is 9.78. The van der Waals surface area contributed by atoms with Crippen LogP contribution in [-0.4, -0.2) is 17.0 Å². The zero-order chi connectivity index (χ0) is 13.9. The highest BCUT2D eigenvalue weighted by Crippen LogP contribution is 2.31. The first kappa shape index (κ1) is 14.5. The molecule has 0 aromatic heterocycles. The number of benzene rings is 1. The Morgan fingerprint density at radius 2 is 1.78 bits per heavy atom. The van der Waals surface area contributed by atoms with Crippen molar-refractivity contribution in [2.45, 2.75) is 13.8 Å². The van der Waals surface area contributed by atoms with Gasteiger partial charge in [0.05, 0.1) is 15.7 Å². The van der Waals surface area contributed by atoms with Crippen LogP contribution in [0.15, 0.2) is 23.8 Å². The van der Waals surface area contributed by atoms with E-state index in [-0.39, 0.29) is 21.3 Å². The molecule has 4 nitrogen and oxygen atoms in total. The smallest absolute Gasteiger partial charge is 0.339 e. The molecule has 0 atom stereocenters. The molecular formula is C12H11Cl2NO3. The van der Waals surface area contributed by atoms with E-state index in [9.17, 15) is 9.59 Å². The average molecular weight is 288 g/mol. The first-order valence-corrected chi connectivity index (χ1v) is 5.75. The van der Waals surface area contributed by atoms with Crippen molar-refractivity contribution in [2.24, 2.45) is 0 Å². The van der Waals surface area contributed by atoms with Crippen LogP contribution in [0.25, 0.3) is 0 Å². The van der Waals surface area contributed by atoms with E-state index >= 15 is 0 Å². The van der Waals surface area contributed by atoms with Crippen LogP contribution in [0.1, 0.15) is 24.2 Å². The van der Waals surface area contributed by atoms with Gasteiger partial charge in [-0.3, -0.25) is 4.79 Å². The van der Waals surface area contributed by atoms with Gasteiger partial charge in [-0.2, -0.15) is 0 Å². The first-order valence-electron chi connectivity index (χ1n) is 5.00. The number of amides is 1. The lowest BCUT2D eigenvalue weighted by Crippen LogP contribution is -2.13. The third-order valence-electron chi connectivity index (χ3n) is 1.99. The SMILES string of the molecule is CC(C)=CC(=O)Nc1c(Cl)ccc(Cl)c1C(=O)O. The van der Waals surface area contributed by atoms with Crippen LogP contribution >= 0.6 is 23.2 Å². The van der Waals surface area contributed by atoms with Gasteiger partial charge in [-0.15, -0.1) is 0 Å². The van der Waals surface area contributed by atoms with Crippen LogP contribution < -0.4 is 5.32 Å². The van der Waals surface area contributed by atoms with E-state index in [1.54, 1.807) is 13.8 Å². The minimum atomic E-state index is -1.25. The van der Waals surface area contributed by atoms with Gasteiger partial charge in [-0.1, -0.05) is 28.8 Å². The number of carboxylic acid groups (broad SMARTS) is 1. The predicted molar refractivity (Wildman–Crippen MR) is 71.5 cm³/mol. The Morgan fingerprint density at radius 3 is 2.28 bits per heavy atom. The molecule has 0 fully saturated rings. The Bertz CT molecular complexity index is 534. The number of aromatic carboxylic acids is 1. The highest BCUT2D eigenvalue weighted by Gasteiger charge is 2.18. The summed E-state index contributed by atoms with van der Waals surface area (Å²) in [5.74, 6) is -1.71. The summed E-state index contributed by atoms with van der Waals surface area (Å²) in [5, 5.41) is 11.6. The van der Waals surface area contributed by atoms with E-state index in [0.29, 0.717) is 0 Å². The molecule has 0 aliphatic heterocycles. The van der Waals surface area contributed by atoms with Crippen LogP contribution in [0.5, 0.6) is 0 Å². The molecule has 18 heavy (non-hydrogen) atoms. The topological polar surface area (TPSA) is 66.4 Å². The molecule has 0 saturated heterocycles. The number of carbonyl (C=O) groups excluding carboxylic acids is 1. The molecule has 0 saturated carbocycles. The standard InChI is InChI=1S/C12H11Cl2NO3/c1-6(2)5-9(16)15-11-8(14)4-3-7(13)10(11)12(17)18/h3-5H,1-2H3,(H,15,16)(H,17,18). The molecule has 0 radical (unpaired) electrons. The highest BCUT2D eigenvalue weighted by molar-refractivity contribution is 6.38. The summed E-state index contributed by atoms with van der Waals surface area (Å²) in [6.07, 6.45) is 1.34. The maximum Gasteiger partial charge on any atom is 0.339 e. The van der Waals surface area contributed by atoms with Gasteiger partial charge in [0.2, 0.25) is 5.91 Å². The minimum Gasteiger partial charge on any atom is -0.478 e. The van der Waals surface area contributed by atoms with Gasteiger partial charge in [0.15, 0.2) is 0 Å². The molecule has 0 aliphatic carbocycles. The number of nitrogens with one attached hydrogen (secondary N) is 1. The van der Waals surface area contributed by atoms with E-state index in [2.05, 4.69) is 5.32 Å². The fourth-order valence-electron chi connectivity index (χ4n) is 1.30. The van der Waals surface area contributed by atoms with Gasteiger partial charge >= 0.3 is 5.97 Å². The maximum absolute atomic E-state index is 11.6. The molecule has 1 aromatic rings. The quantitative estimate of drug-likeness (QED) is 0.835. The van der Waals surface area contributed by atoms with Crippen molar-refractivity contribution in [3.63, 3.8) is 0 Å². The van der Waals surface area contributed by atoms with E-state index in [1.807, 2.05) is 0 Å². The maximum atomic E-state index is 11.6. The van der Waals surface area contributed by atoms with Crippen molar-refractivity contribution >= 4 is 40.8 Å². The zero-order valence-corrected chi connectivity index (χ0v) is 11.3. The van der Waals surface area contributed by atoms with Crippen molar-refractivity contribution in [3.8, 4) is 0 Å². The van der Waals surface area contributed by atoms with E-state index in [1.165, 1.54) is 18.2 Å². The molecule has 1 amide bonds. The largest absolute Gasteiger partial charge is 0.478 e. The van der Waals surface area contributed by atoms with Gasteiger partial charge in [-0.25, -0.2) is 4.79 Å². The molecule has 1 rings (SSSR count). The van der Waals surface area contributed by atoms with E-state index in [0.717, 1.165) is 5.57 Å². The second-order valence-electron chi connectivity index (χ2n) is 3.80. The van der Waals surface area contributed by atoms with Crippen LogP contribution in [0.3, 0.4) is 0 Å². The molecule has 0 heterocycles. The van der Waals surface area contributed by atoms with Crippen LogP contribution in [0.4, 0.5) is 5.69 Å². The predicted octanol–water partition coefficient (Wildman–Crippen LogP) is 3.60. The van der Waals surface area contributed by atoms with Crippen LogP contribution in [0, 0.1) is 0 Å². The lowest BCUT2D eigenvalue weighted by atomic mass is 10.1. The zero-order valence-electron chi connectivity index (χ0n) is 9.75. The number of anilines is 1. The Balaban J connectivity index is 3.23. The van der Waals surface area contributed by atoms with E-state index in [4.69, 9.17) is 28.3 Å². The Morgan fingerprint density at radius 1 is 1.22 bits per heavy atom. The van der Waals surface area contributed by atoms with Crippen molar-refractivity contribution in [3.05, 3.63) is 39.4 Å². The average Bonchev–Trinajstić information content (AvgIpc) is 2.21. The Hall–Kier alpha value is -1.52. The van der Waals surface area contributed by atoms with Gasteiger partial charge in [0, 0.05) is 6.08 Å². The fraction of sp³-hybridized carbons (Fsp3) is 0.167. The molecule has 0 aliphatic rings. The number of allylic oxidation sites excluding steroid dienone is 1. The Labute approximate surface area is 114 Å². The summed E-state index contributed by atoms with van der Waals surface area (Å²) in [6.45, 7) is 3.49. The van der Waals surface area contributed by atoms with Crippen molar-refractivity contribution in [1.82, 2.24) is 0 Å². The highest BCUT2D eigenvalue weighted by atomic mass is 35.5. The summed E-state index contributed by atoms with van der Waals surface area (Å²) in [6, 6.07) is 2.79. The first-order chi connectivity index (χ1) is 8.32. The number of rotatable bonds is 3. The second kappa shape index (κ2) is 5.89. The summed E-state index contributed by atoms with van der Waals surface area (Å²) in [7, 11) is 0. The molecule has 2 N–H and O–H groups in total. The number of carboxylic acids is 1. The van der Waals surface area contributed by atoms with Gasteiger partial charge in [0.25, 0.3) is 0 Å². The summed E-state index contributed by atoms with van der Waals surface area (Å²) in [5.41, 5.74) is 0.557. The second-order valence-corrected chi connectivity index (χ2v) is 4.61. The van der Waals surface area contributed by atoms with Crippen molar-refractivity contribution in [1.29, 1.82) is 0 Å². The molecule has 0 unspecified atom stereocenters. The number of carbonyl (C=O) groups is 2. The summed E-state index contributed by atoms with van der Waals surface area (Å²) >= 11 is 11.6. The molecule has 96 valence electrons. The van der Waals surface area contributed by atoms with Gasteiger partial charge in [-0.05, 0) is 26.0 Å².